The Hall–Kier alpha value is -2.98. The minimum atomic E-state index is -0.513. The van der Waals surface area contributed by atoms with Gasteiger partial charge in [0.1, 0.15) is 5.82 Å². The lowest BCUT2D eigenvalue weighted by molar-refractivity contribution is 0.0610. The number of nitrogens with two attached hydrogens (primary N) is 2. The second-order valence-electron chi connectivity index (χ2n) is 8.65. The normalized spacial score (nSPS) is 21.4. The zero-order valence-electron chi connectivity index (χ0n) is 18.0. The van der Waals surface area contributed by atoms with Crippen LogP contribution in [0, 0.1) is 6.92 Å². The van der Waals surface area contributed by atoms with Gasteiger partial charge in [-0.05, 0) is 44.7 Å². The Morgan fingerprint density at radius 1 is 1.16 bits per heavy atom. The first kappa shape index (κ1) is 20.9. The van der Waals surface area contributed by atoms with E-state index < -0.39 is 5.91 Å². The van der Waals surface area contributed by atoms with Gasteiger partial charge in [0, 0.05) is 43.5 Å². The number of amides is 2. The fourth-order valence-electron chi connectivity index (χ4n) is 4.69. The van der Waals surface area contributed by atoms with Crippen molar-refractivity contribution in [1.29, 1.82) is 0 Å². The van der Waals surface area contributed by atoms with Crippen molar-refractivity contribution >= 4 is 34.6 Å². The van der Waals surface area contributed by atoms with Gasteiger partial charge in [0.15, 0.2) is 5.65 Å². The van der Waals surface area contributed by atoms with E-state index in [9.17, 15) is 9.59 Å². The predicted octanol–water partition coefficient (Wildman–Crippen LogP) is 2.10. The molecular weight excluding hydrogens is 426 g/mol. The van der Waals surface area contributed by atoms with Gasteiger partial charge in [0.05, 0.1) is 21.5 Å². The maximum atomic E-state index is 13.3. The van der Waals surface area contributed by atoms with Gasteiger partial charge in [-0.25, -0.2) is 9.50 Å². The smallest absolute Gasteiger partial charge is 0.264 e. The Balaban J connectivity index is 1.45. The van der Waals surface area contributed by atoms with E-state index in [0.29, 0.717) is 16.3 Å². The molecule has 0 radical (unpaired) electrons. The van der Waals surface area contributed by atoms with Crippen LogP contribution in [0.25, 0.3) is 5.65 Å². The average molecular weight is 454 g/mol. The third-order valence-electron chi connectivity index (χ3n) is 6.31. The van der Waals surface area contributed by atoms with E-state index in [1.807, 2.05) is 24.1 Å². The number of hydrogen-bond acceptors (Lipinski definition) is 7. The van der Waals surface area contributed by atoms with E-state index in [2.05, 4.69) is 4.90 Å². The molecular formula is C22H27N7O2S. The number of aryl methyl sites for hydroxylation is 1. The van der Waals surface area contributed by atoms with Gasteiger partial charge < -0.3 is 21.3 Å². The van der Waals surface area contributed by atoms with Crippen molar-refractivity contribution in [3.63, 3.8) is 0 Å². The highest BCUT2D eigenvalue weighted by Gasteiger charge is 2.32. The van der Waals surface area contributed by atoms with Crippen molar-refractivity contribution < 1.29 is 9.59 Å². The van der Waals surface area contributed by atoms with Crippen molar-refractivity contribution in [2.45, 2.75) is 44.7 Å². The van der Waals surface area contributed by atoms with Crippen LogP contribution in [0.4, 0.5) is 5.82 Å². The van der Waals surface area contributed by atoms with Crippen molar-refractivity contribution in [2.24, 2.45) is 11.5 Å². The summed E-state index contributed by atoms with van der Waals surface area (Å²) < 4.78 is 1.80. The van der Waals surface area contributed by atoms with E-state index in [1.165, 1.54) is 0 Å². The van der Waals surface area contributed by atoms with Crippen molar-refractivity contribution in [3.05, 3.63) is 45.4 Å². The zero-order valence-corrected chi connectivity index (χ0v) is 18.8. The Morgan fingerprint density at radius 3 is 2.69 bits per heavy atom. The van der Waals surface area contributed by atoms with Gasteiger partial charge in [0.2, 0.25) is 0 Å². The first-order valence-electron chi connectivity index (χ1n) is 11.0. The summed E-state index contributed by atoms with van der Waals surface area (Å²) in [6, 6.07) is 5.34. The molecule has 0 aliphatic carbocycles. The van der Waals surface area contributed by atoms with Gasteiger partial charge >= 0.3 is 0 Å². The number of rotatable bonds is 4. The van der Waals surface area contributed by atoms with Crippen LogP contribution >= 0.6 is 11.3 Å². The number of likely N-dealkylation sites (tertiary alicyclic amines) is 1. The maximum absolute atomic E-state index is 13.3. The topological polar surface area (TPSA) is 123 Å². The van der Waals surface area contributed by atoms with Gasteiger partial charge in [-0.2, -0.15) is 5.10 Å². The van der Waals surface area contributed by atoms with Crippen molar-refractivity contribution in [2.75, 3.05) is 24.5 Å². The molecule has 9 nitrogen and oxygen atoms in total. The number of anilines is 1. The number of thiophene rings is 1. The molecule has 2 amide bonds. The molecule has 32 heavy (non-hydrogen) atoms. The highest BCUT2D eigenvalue weighted by Crippen LogP contribution is 2.33. The second-order valence-corrected chi connectivity index (χ2v) is 9.74. The monoisotopic (exact) mass is 453 g/mol. The minimum absolute atomic E-state index is 0.0832. The third-order valence-corrected chi connectivity index (χ3v) is 7.40. The molecule has 2 saturated heterocycles. The Bertz CT molecular complexity index is 1190. The summed E-state index contributed by atoms with van der Waals surface area (Å²) in [5.41, 5.74) is 14.1. The number of primary amides is 1. The molecule has 3 aromatic heterocycles. The van der Waals surface area contributed by atoms with Crippen LogP contribution in [0.2, 0.25) is 0 Å². The molecule has 5 rings (SSSR count). The van der Waals surface area contributed by atoms with Crippen LogP contribution in [0.5, 0.6) is 0 Å². The van der Waals surface area contributed by atoms with E-state index >= 15 is 0 Å². The summed E-state index contributed by atoms with van der Waals surface area (Å²) in [6.07, 6.45) is 5.79. The van der Waals surface area contributed by atoms with E-state index in [0.717, 1.165) is 72.8 Å². The molecule has 0 unspecified atom stereocenters. The SMILES string of the molecule is Cc1cn2nc([C@@H]3CCCCN3C(=O)c3ccc(C(N)=O)s3)cc2nc1N1CC[C@H](N)C1. The molecule has 0 bridgehead atoms. The molecule has 5 heterocycles. The van der Waals surface area contributed by atoms with Gasteiger partial charge in [-0.15, -0.1) is 11.3 Å². The summed E-state index contributed by atoms with van der Waals surface area (Å²) in [5, 5.41) is 4.79. The Morgan fingerprint density at radius 2 is 1.97 bits per heavy atom. The van der Waals surface area contributed by atoms with Crippen molar-refractivity contribution in [3.8, 4) is 0 Å². The summed E-state index contributed by atoms with van der Waals surface area (Å²) in [5.74, 6) is 0.354. The Labute approximate surface area is 190 Å². The largest absolute Gasteiger partial charge is 0.365 e. The van der Waals surface area contributed by atoms with Crippen LogP contribution < -0.4 is 16.4 Å². The lowest BCUT2D eigenvalue weighted by Gasteiger charge is -2.34. The lowest BCUT2D eigenvalue weighted by atomic mass is 9.99. The van der Waals surface area contributed by atoms with E-state index in [-0.39, 0.29) is 18.0 Å². The van der Waals surface area contributed by atoms with Crippen LogP contribution in [0.15, 0.2) is 24.4 Å². The number of piperidine rings is 1. The first-order chi connectivity index (χ1) is 15.4. The molecule has 4 N–H and O–H groups in total. The highest BCUT2D eigenvalue weighted by atomic mass is 32.1. The summed E-state index contributed by atoms with van der Waals surface area (Å²) in [7, 11) is 0. The molecule has 2 atom stereocenters. The number of fused-ring (bicyclic) bond motifs is 1. The molecule has 2 aliphatic rings. The molecule has 3 aromatic rings. The van der Waals surface area contributed by atoms with Crippen LogP contribution in [0.3, 0.4) is 0 Å². The van der Waals surface area contributed by atoms with E-state index in [4.69, 9.17) is 21.5 Å². The quantitative estimate of drug-likeness (QED) is 0.624. The first-order valence-corrected chi connectivity index (χ1v) is 11.8. The average Bonchev–Trinajstić information content (AvgIpc) is 3.52. The molecule has 0 aromatic carbocycles. The molecule has 10 heteroatoms. The van der Waals surface area contributed by atoms with Crippen molar-refractivity contribution in [1.82, 2.24) is 19.5 Å². The summed E-state index contributed by atoms with van der Waals surface area (Å²) >= 11 is 1.14. The summed E-state index contributed by atoms with van der Waals surface area (Å²) in [6.45, 7) is 4.41. The molecule has 2 aliphatic heterocycles. The highest BCUT2D eigenvalue weighted by molar-refractivity contribution is 7.15. The minimum Gasteiger partial charge on any atom is -0.365 e. The second kappa shape index (κ2) is 8.18. The number of carbonyl (C=O) groups is 2. The number of carbonyl (C=O) groups excluding carboxylic acids is 2. The van der Waals surface area contributed by atoms with Crippen LogP contribution in [0.1, 0.15) is 62.3 Å². The van der Waals surface area contributed by atoms with Crippen LogP contribution in [-0.4, -0.2) is 57.0 Å². The zero-order chi connectivity index (χ0) is 22.4. The number of nitrogens with zero attached hydrogens (tertiary/aromatic N) is 5. The molecule has 0 saturated carbocycles. The van der Waals surface area contributed by atoms with E-state index in [1.54, 1.807) is 16.6 Å². The molecule has 0 spiro atoms. The number of hydrogen-bond donors (Lipinski definition) is 2. The number of aromatic nitrogens is 3. The van der Waals surface area contributed by atoms with Gasteiger partial charge in [0.25, 0.3) is 11.8 Å². The fourth-order valence-corrected chi connectivity index (χ4v) is 5.51. The fraction of sp³-hybridized carbons (Fsp3) is 0.455. The summed E-state index contributed by atoms with van der Waals surface area (Å²) in [4.78, 5) is 34.6. The third kappa shape index (κ3) is 3.73. The lowest BCUT2D eigenvalue weighted by Crippen LogP contribution is -2.38. The van der Waals surface area contributed by atoms with Crippen LogP contribution in [-0.2, 0) is 0 Å². The maximum Gasteiger partial charge on any atom is 0.264 e. The molecule has 168 valence electrons. The molecule has 2 fully saturated rings. The standard InChI is InChI=1S/C22H27N7O2S/c1-13-11-29-19(25-21(13)27-9-7-14(23)12-27)10-15(26-29)16-4-2-3-8-28(16)22(31)18-6-5-17(32-18)20(24)30/h5-6,10-11,14,16H,2-4,7-9,12,23H2,1H3,(H2,24,30)/t14-,16-/m0/s1. The van der Waals surface area contributed by atoms with Gasteiger partial charge in [-0.3, -0.25) is 9.59 Å². The predicted molar refractivity (Wildman–Crippen MR) is 123 cm³/mol. The van der Waals surface area contributed by atoms with Gasteiger partial charge in [-0.1, -0.05) is 0 Å². The Kier molecular flexibility index (Phi) is 5.34.